The van der Waals surface area contributed by atoms with Crippen LogP contribution in [0.5, 0.6) is 0 Å². The van der Waals surface area contributed by atoms with Crippen LogP contribution < -0.4 is 4.72 Å². The second kappa shape index (κ2) is 7.41. The van der Waals surface area contributed by atoms with Gasteiger partial charge in [0.25, 0.3) is 0 Å². The lowest BCUT2D eigenvalue weighted by Gasteiger charge is -2.14. The molecule has 0 aliphatic heterocycles. The van der Waals surface area contributed by atoms with E-state index < -0.39 is 10.0 Å². The van der Waals surface area contributed by atoms with E-state index in [1.807, 2.05) is 26.0 Å². The number of nitrogens with one attached hydrogen (secondary N) is 1. The Morgan fingerprint density at radius 2 is 1.79 bits per heavy atom. The summed E-state index contributed by atoms with van der Waals surface area (Å²) >= 11 is 3.47. The summed E-state index contributed by atoms with van der Waals surface area (Å²) in [5, 5.41) is 0. The van der Waals surface area contributed by atoms with E-state index in [-0.39, 0.29) is 4.83 Å². The maximum Gasteiger partial charge on any atom is 0.240 e. The van der Waals surface area contributed by atoms with E-state index in [9.17, 15) is 8.42 Å². The molecular weight excluding hydrogens is 326 g/mol. The Bertz CT molecular complexity index is 483. The number of aryl methyl sites for hydroxylation is 1. The van der Waals surface area contributed by atoms with Gasteiger partial charge in [0.05, 0.1) is 4.90 Å². The average molecular weight is 348 g/mol. The molecule has 1 N–H and O–H groups in total. The number of halogens is 1. The molecule has 1 unspecified atom stereocenters. The van der Waals surface area contributed by atoms with Gasteiger partial charge in [0, 0.05) is 11.4 Å². The van der Waals surface area contributed by atoms with Gasteiger partial charge in [-0.25, -0.2) is 13.1 Å². The highest BCUT2D eigenvalue weighted by molar-refractivity contribution is 9.09. The van der Waals surface area contributed by atoms with Crippen LogP contribution >= 0.6 is 15.9 Å². The predicted octanol–water partition coefficient (Wildman–Crippen LogP) is 3.34. The highest BCUT2D eigenvalue weighted by Gasteiger charge is 2.17. The summed E-state index contributed by atoms with van der Waals surface area (Å²) in [5.74, 6) is 0.384. The third-order valence-electron chi connectivity index (χ3n) is 2.96. The van der Waals surface area contributed by atoms with Crippen molar-refractivity contribution >= 4 is 26.0 Å². The van der Waals surface area contributed by atoms with Crippen molar-refractivity contribution in [3.05, 3.63) is 29.8 Å². The fraction of sp³-hybridized carbons (Fsp3) is 0.571. The molecule has 1 rings (SSSR count). The summed E-state index contributed by atoms with van der Waals surface area (Å²) in [6.07, 6.45) is 2.04. The zero-order valence-corrected chi connectivity index (χ0v) is 14.1. The molecule has 0 heterocycles. The molecule has 0 amide bonds. The van der Waals surface area contributed by atoms with E-state index in [1.54, 1.807) is 12.1 Å². The monoisotopic (exact) mass is 347 g/mol. The second-order valence-corrected chi connectivity index (χ2v) is 7.95. The van der Waals surface area contributed by atoms with E-state index in [0.717, 1.165) is 12.8 Å². The molecule has 0 saturated carbocycles. The zero-order chi connectivity index (χ0) is 14.5. The molecule has 0 aromatic heterocycles. The molecule has 0 spiro atoms. The molecule has 1 aromatic carbocycles. The minimum atomic E-state index is -3.40. The normalized spacial score (nSPS) is 13.7. The van der Waals surface area contributed by atoms with Crippen LogP contribution in [-0.4, -0.2) is 19.8 Å². The highest BCUT2D eigenvalue weighted by Crippen LogP contribution is 2.14. The predicted molar refractivity (Wildman–Crippen MR) is 83.2 cm³/mol. The van der Waals surface area contributed by atoms with Crippen LogP contribution in [0.15, 0.2) is 29.2 Å². The average Bonchev–Trinajstić information content (AvgIpc) is 2.37. The van der Waals surface area contributed by atoms with E-state index in [1.165, 1.54) is 5.56 Å². The Balaban J connectivity index is 2.71. The fourth-order valence-corrected chi connectivity index (χ4v) is 3.07. The van der Waals surface area contributed by atoms with Crippen molar-refractivity contribution in [2.45, 2.75) is 43.3 Å². The number of hydrogen-bond donors (Lipinski definition) is 1. The summed E-state index contributed by atoms with van der Waals surface area (Å²) in [7, 11) is -3.40. The summed E-state index contributed by atoms with van der Waals surface area (Å²) in [5.41, 5.74) is 1.17. The first-order valence-electron chi connectivity index (χ1n) is 6.59. The van der Waals surface area contributed by atoms with Gasteiger partial charge in [0.1, 0.15) is 0 Å². The number of alkyl halides is 1. The van der Waals surface area contributed by atoms with E-state index >= 15 is 0 Å². The maximum atomic E-state index is 12.1. The zero-order valence-electron chi connectivity index (χ0n) is 11.7. The van der Waals surface area contributed by atoms with Gasteiger partial charge in [-0.05, 0) is 30.0 Å². The van der Waals surface area contributed by atoms with E-state index in [2.05, 4.69) is 27.6 Å². The molecule has 0 fully saturated rings. The van der Waals surface area contributed by atoms with Gasteiger partial charge >= 0.3 is 0 Å². The second-order valence-electron chi connectivity index (χ2n) is 5.01. The third kappa shape index (κ3) is 5.24. The molecule has 1 atom stereocenters. The Labute approximate surface area is 125 Å². The molecule has 3 nitrogen and oxygen atoms in total. The number of rotatable bonds is 7. The van der Waals surface area contributed by atoms with E-state index in [4.69, 9.17) is 0 Å². The molecule has 0 radical (unpaired) electrons. The first-order valence-corrected chi connectivity index (χ1v) is 8.99. The Hall–Kier alpha value is -0.390. The van der Waals surface area contributed by atoms with Crippen LogP contribution in [0.25, 0.3) is 0 Å². The summed E-state index contributed by atoms with van der Waals surface area (Å²) in [6, 6.07) is 7.11. The lowest BCUT2D eigenvalue weighted by Crippen LogP contribution is -2.31. The first kappa shape index (κ1) is 16.7. The van der Waals surface area contributed by atoms with Crippen molar-refractivity contribution < 1.29 is 8.42 Å². The Kier molecular flexibility index (Phi) is 6.50. The molecule has 0 saturated heterocycles. The van der Waals surface area contributed by atoms with Gasteiger partial charge < -0.3 is 0 Å². The summed E-state index contributed by atoms with van der Waals surface area (Å²) in [6.45, 7) is 6.60. The Morgan fingerprint density at radius 3 is 2.26 bits per heavy atom. The number of benzene rings is 1. The standard InChI is InChI=1S/C14H22BrNO2S/c1-4-5-12-6-8-13(9-7-12)19(17,18)16-10-14(15)11(2)3/h6-9,11,14,16H,4-5,10H2,1-3H3. The molecule has 5 heteroatoms. The van der Waals surface area contributed by atoms with Crippen molar-refractivity contribution in [3.8, 4) is 0 Å². The van der Waals surface area contributed by atoms with Crippen LogP contribution in [0, 0.1) is 5.92 Å². The van der Waals surface area contributed by atoms with Crippen LogP contribution in [0.3, 0.4) is 0 Å². The fourth-order valence-electron chi connectivity index (χ4n) is 1.63. The van der Waals surface area contributed by atoms with Gasteiger partial charge in [0.2, 0.25) is 10.0 Å². The van der Waals surface area contributed by atoms with Gasteiger partial charge in [0.15, 0.2) is 0 Å². The van der Waals surface area contributed by atoms with Crippen LogP contribution in [0.2, 0.25) is 0 Å². The maximum absolute atomic E-state index is 12.1. The van der Waals surface area contributed by atoms with Crippen molar-refractivity contribution in [2.24, 2.45) is 5.92 Å². The lowest BCUT2D eigenvalue weighted by molar-refractivity contribution is 0.563. The van der Waals surface area contributed by atoms with Gasteiger partial charge in [-0.2, -0.15) is 0 Å². The summed E-state index contributed by atoms with van der Waals surface area (Å²) < 4.78 is 26.8. The van der Waals surface area contributed by atoms with Crippen LogP contribution in [0.4, 0.5) is 0 Å². The van der Waals surface area contributed by atoms with E-state index in [0.29, 0.717) is 17.4 Å². The molecule has 19 heavy (non-hydrogen) atoms. The van der Waals surface area contributed by atoms with Gasteiger partial charge in [-0.3, -0.25) is 0 Å². The van der Waals surface area contributed by atoms with Gasteiger partial charge in [-0.1, -0.05) is 55.3 Å². The number of hydrogen-bond acceptors (Lipinski definition) is 2. The third-order valence-corrected chi connectivity index (χ3v) is 5.78. The van der Waals surface area contributed by atoms with Crippen LogP contribution in [-0.2, 0) is 16.4 Å². The largest absolute Gasteiger partial charge is 0.240 e. The molecule has 0 aliphatic carbocycles. The van der Waals surface area contributed by atoms with Crippen molar-refractivity contribution in [2.75, 3.05) is 6.54 Å². The smallest absolute Gasteiger partial charge is 0.210 e. The molecule has 0 bridgehead atoms. The topological polar surface area (TPSA) is 46.2 Å². The summed E-state index contributed by atoms with van der Waals surface area (Å²) in [4.78, 5) is 0.470. The van der Waals surface area contributed by atoms with Gasteiger partial charge in [-0.15, -0.1) is 0 Å². The van der Waals surface area contributed by atoms with Crippen molar-refractivity contribution in [1.82, 2.24) is 4.72 Å². The Morgan fingerprint density at radius 1 is 1.21 bits per heavy atom. The molecule has 1 aromatic rings. The molecular formula is C14H22BrNO2S. The lowest BCUT2D eigenvalue weighted by atomic mass is 10.1. The SMILES string of the molecule is CCCc1ccc(S(=O)(=O)NCC(Br)C(C)C)cc1. The minimum absolute atomic E-state index is 0.140. The van der Waals surface area contributed by atoms with Crippen molar-refractivity contribution in [1.29, 1.82) is 0 Å². The molecule has 108 valence electrons. The quantitative estimate of drug-likeness (QED) is 0.769. The van der Waals surface area contributed by atoms with Crippen LogP contribution in [0.1, 0.15) is 32.8 Å². The highest BCUT2D eigenvalue weighted by atomic mass is 79.9. The first-order chi connectivity index (χ1) is 8.86. The minimum Gasteiger partial charge on any atom is -0.210 e. The number of sulfonamides is 1. The molecule has 0 aliphatic rings. The van der Waals surface area contributed by atoms with Crippen molar-refractivity contribution in [3.63, 3.8) is 0 Å².